The standard InChI is InChI=1S/C12H12ClNO3/c1-2-17-12(16)10-11(15)9-4-3-8(13)5-7(9)6-14-10/h3-5,10,14H,2,6H2,1H3. The van der Waals surface area contributed by atoms with Crippen molar-refractivity contribution in [3.8, 4) is 0 Å². The molecule has 1 heterocycles. The maximum atomic E-state index is 12.0. The summed E-state index contributed by atoms with van der Waals surface area (Å²) in [6, 6.07) is 4.12. The average molecular weight is 254 g/mol. The Labute approximate surface area is 104 Å². The van der Waals surface area contributed by atoms with Crippen molar-refractivity contribution in [2.75, 3.05) is 6.61 Å². The lowest BCUT2D eigenvalue weighted by Gasteiger charge is -2.23. The lowest BCUT2D eigenvalue weighted by atomic mass is 9.94. The first-order chi connectivity index (χ1) is 8.13. The number of carbonyl (C=O) groups excluding carboxylic acids is 2. The van der Waals surface area contributed by atoms with Gasteiger partial charge in [0.1, 0.15) is 0 Å². The highest BCUT2D eigenvalue weighted by Gasteiger charge is 2.33. The fourth-order valence-corrected chi connectivity index (χ4v) is 2.02. The van der Waals surface area contributed by atoms with E-state index < -0.39 is 12.0 Å². The topological polar surface area (TPSA) is 55.4 Å². The van der Waals surface area contributed by atoms with Crippen molar-refractivity contribution in [1.29, 1.82) is 0 Å². The van der Waals surface area contributed by atoms with Gasteiger partial charge in [-0.05, 0) is 30.7 Å². The van der Waals surface area contributed by atoms with Crippen LogP contribution in [0.15, 0.2) is 18.2 Å². The Morgan fingerprint density at radius 1 is 1.59 bits per heavy atom. The van der Waals surface area contributed by atoms with E-state index >= 15 is 0 Å². The van der Waals surface area contributed by atoms with Crippen LogP contribution in [0.25, 0.3) is 0 Å². The van der Waals surface area contributed by atoms with Gasteiger partial charge in [0, 0.05) is 17.1 Å². The minimum atomic E-state index is -0.899. The average Bonchev–Trinajstić information content (AvgIpc) is 2.29. The molecule has 2 rings (SSSR count). The van der Waals surface area contributed by atoms with Crippen LogP contribution >= 0.6 is 11.6 Å². The lowest BCUT2D eigenvalue weighted by molar-refractivity contribution is -0.144. The third kappa shape index (κ3) is 2.33. The largest absolute Gasteiger partial charge is 0.464 e. The normalized spacial score (nSPS) is 18.7. The summed E-state index contributed by atoms with van der Waals surface area (Å²) in [6.07, 6.45) is 0. The number of benzene rings is 1. The number of Topliss-reactive ketones (excluding diaryl/α,β-unsaturated/α-hetero) is 1. The summed E-state index contributed by atoms with van der Waals surface area (Å²) in [6.45, 7) is 2.40. The molecule has 0 aromatic heterocycles. The van der Waals surface area contributed by atoms with Gasteiger partial charge in [-0.15, -0.1) is 0 Å². The molecule has 0 amide bonds. The fourth-order valence-electron chi connectivity index (χ4n) is 1.83. The second-order valence-corrected chi connectivity index (χ2v) is 4.17. The number of ketones is 1. The van der Waals surface area contributed by atoms with Crippen molar-refractivity contribution < 1.29 is 14.3 Å². The molecule has 1 unspecified atom stereocenters. The molecule has 0 fully saturated rings. The maximum Gasteiger partial charge on any atom is 0.331 e. The SMILES string of the molecule is CCOC(=O)C1NCc2cc(Cl)ccc2C1=O. The van der Waals surface area contributed by atoms with E-state index in [-0.39, 0.29) is 12.4 Å². The molecule has 17 heavy (non-hydrogen) atoms. The number of fused-ring (bicyclic) bond motifs is 1. The number of rotatable bonds is 2. The smallest absolute Gasteiger partial charge is 0.331 e. The summed E-state index contributed by atoms with van der Waals surface area (Å²) in [5.41, 5.74) is 1.34. The Morgan fingerprint density at radius 2 is 2.35 bits per heavy atom. The zero-order valence-corrected chi connectivity index (χ0v) is 10.1. The molecule has 90 valence electrons. The summed E-state index contributed by atoms with van der Waals surface area (Å²) in [5, 5.41) is 3.43. The predicted molar refractivity (Wildman–Crippen MR) is 63.0 cm³/mol. The van der Waals surface area contributed by atoms with Gasteiger partial charge in [-0.25, -0.2) is 4.79 Å². The number of hydrogen-bond acceptors (Lipinski definition) is 4. The summed E-state index contributed by atoms with van der Waals surface area (Å²) < 4.78 is 4.84. The third-order valence-corrected chi connectivity index (χ3v) is 2.85. The fraction of sp³-hybridized carbons (Fsp3) is 0.333. The molecule has 1 aromatic carbocycles. The molecule has 1 aliphatic rings. The molecule has 0 saturated heterocycles. The summed E-state index contributed by atoms with van der Waals surface area (Å²) in [4.78, 5) is 23.6. The second-order valence-electron chi connectivity index (χ2n) is 3.73. The Hall–Kier alpha value is -1.39. The highest BCUT2D eigenvalue weighted by atomic mass is 35.5. The highest BCUT2D eigenvalue weighted by molar-refractivity contribution is 6.30. The van der Waals surface area contributed by atoms with Gasteiger partial charge in [0.15, 0.2) is 11.8 Å². The van der Waals surface area contributed by atoms with Gasteiger partial charge in [-0.2, -0.15) is 0 Å². The van der Waals surface area contributed by atoms with E-state index in [0.29, 0.717) is 17.1 Å². The second kappa shape index (κ2) is 4.85. The number of ether oxygens (including phenoxy) is 1. The van der Waals surface area contributed by atoms with Gasteiger partial charge in [-0.3, -0.25) is 10.1 Å². The first-order valence-electron chi connectivity index (χ1n) is 5.36. The van der Waals surface area contributed by atoms with Crippen molar-refractivity contribution in [3.05, 3.63) is 34.3 Å². The predicted octanol–water partition coefficient (Wildman–Crippen LogP) is 1.56. The molecule has 0 aliphatic carbocycles. The van der Waals surface area contributed by atoms with Crippen LogP contribution < -0.4 is 5.32 Å². The zero-order valence-electron chi connectivity index (χ0n) is 9.33. The molecule has 0 saturated carbocycles. The number of esters is 1. The molecule has 1 atom stereocenters. The van der Waals surface area contributed by atoms with E-state index in [1.807, 2.05) is 0 Å². The van der Waals surface area contributed by atoms with E-state index in [1.165, 1.54) is 0 Å². The van der Waals surface area contributed by atoms with Crippen LogP contribution in [0.3, 0.4) is 0 Å². The van der Waals surface area contributed by atoms with Crippen molar-refractivity contribution in [2.45, 2.75) is 19.5 Å². The van der Waals surface area contributed by atoms with Gasteiger partial charge < -0.3 is 4.74 Å². The number of halogens is 1. The molecular weight excluding hydrogens is 242 g/mol. The Kier molecular flexibility index (Phi) is 3.45. The quantitative estimate of drug-likeness (QED) is 0.642. The molecule has 0 spiro atoms. The Bertz CT molecular complexity index is 473. The third-order valence-electron chi connectivity index (χ3n) is 2.61. The van der Waals surface area contributed by atoms with Gasteiger partial charge in [0.25, 0.3) is 0 Å². The lowest BCUT2D eigenvalue weighted by Crippen LogP contribution is -2.47. The minimum Gasteiger partial charge on any atom is -0.464 e. The molecule has 1 N–H and O–H groups in total. The number of carbonyl (C=O) groups is 2. The Morgan fingerprint density at radius 3 is 3.06 bits per heavy atom. The molecule has 5 heteroatoms. The van der Waals surface area contributed by atoms with Crippen molar-refractivity contribution in [2.24, 2.45) is 0 Å². The first kappa shape index (κ1) is 12.1. The van der Waals surface area contributed by atoms with Crippen LogP contribution in [0, 0.1) is 0 Å². The van der Waals surface area contributed by atoms with E-state index in [1.54, 1.807) is 25.1 Å². The van der Waals surface area contributed by atoms with Gasteiger partial charge in [0.2, 0.25) is 0 Å². The van der Waals surface area contributed by atoms with Crippen LogP contribution in [-0.4, -0.2) is 24.4 Å². The van der Waals surface area contributed by atoms with Gasteiger partial charge in [-0.1, -0.05) is 11.6 Å². The number of nitrogens with one attached hydrogen (secondary N) is 1. The zero-order chi connectivity index (χ0) is 12.4. The van der Waals surface area contributed by atoms with Crippen LogP contribution in [0.5, 0.6) is 0 Å². The molecule has 1 aliphatic heterocycles. The minimum absolute atomic E-state index is 0.262. The van der Waals surface area contributed by atoms with Gasteiger partial charge >= 0.3 is 5.97 Å². The molecule has 0 radical (unpaired) electrons. The van der Waals surface area contributed by atoms with Crippen molar-refractivity contribution >= 4 is 23.4 Å². The van der Waals surface area contributed by atoms with Crippen LogP contribution in [0.2, 0.25) is 5.02 Å². The molecular formula is C12H12ClNO3. The first-order valence-corrected chi connectivity index (χ1v) is 5.74. The van der Waals surface area contributed by atoms with E-state index in [9.17, 15) is 9.59 Å². The highest BCUT2D eigenvalue weighted by Crippen LogP contribution is 2.21. The molecule has 1 aromatic rings. The summed E-state index contributed by atoms with van der Waals surface area (Å²) in [5.74, 6) is -0.792. The van der Waals surface area contributed by atoms with Crippen molar-refractivity contribution in [1.82, 2.24) is 5.32 Å². The summed E-state index contributed by atoms with van der Waals surface area (Å²) >= 11 is 5.84. The van der Waals surface area contributed by atoms with Gasteiger partial charge in [0.05, 0.1) is 6.61 Å². The monoisotopic (exact) mass is 253 g/mol. The van der Waals surface area contributed by atoms with E-state index in [2.05, 4.69) is 5.32 Å². The Balaban J connectivity index is 2.27. The number of hydrogen-bond donors (Lipinski definition) is 1. The van der Waals surface area contributed by atoms with E-state index in [0.717, 1.165) is 5.56 Å². The van der Waals surface area contributed by atoms with Crippen LogP contribution in [0.4, 0.5) is 0 Å². The summed E-state index contributed by atoms with van der Waals surface area (Å²) in [7, 11) is 0. The van der Waals surface area contributed by atoms with Crippen LogP contribution in [0.1, 0.15) is 22.8 Å². The molecule has 4 nitrogen and oxygen atoms in total. The van der Waals surface area contributed by atoms with E-state index in [4.69, 9.17) is 16.3 Å². The molecule has 0 bridgehead atoms. The van der Waals surface area contributed by atoms with Crippen LogP contribution in [-0.2, 0) is 16.1 Å². The van der Waals surface area contributed by atoms with Crippen molar-refractivity contribution in [3.63, 3.8) is 0 Å². The maximum absolute atomic E-state index is 12.0.